The fourth-order valence-corrected chi connectivity index (χ4v) is 3.43. The minimum Gasteiger partial charge on any atom is -0.465 e. The Labute approximate surface area is 109 Å². The lowest BCUT2D eigenvalue weighted by Crippen LogP contribution is -2.56. The fourth-order valence-electron chi connectivity index (χ4n) is 3.43. The number of nitrogens with zero attached hydrogens (tertiary/aromatic N) is 2. The third-order valence-corrected chi connectivity index (χ3v) is 4.12. The van der Waals surface area contributed by atoms with Gasteiger partial charge >= 0.3 is 6.09 Å². The highest BCUT2D eigenvalue weighted by molar-refractivity contribution is 5.66. The maximum atomic E-state index is 11.4. The topological polar surface area (TPSA) is 55.8 Å². The largest absolute Gasteiger partial charge is 0.465 e. The van der Waals surface area contributed by atoms with Crippen LogP contribution < -0.4 is 5.32 Å². The molecule has 104 valence electrons. The summed E-state index contributed by atoms with van der Waals surface area (Å²) in [4.78, 5) is 15.5. The van der Waals surface area contributed by atoms with Crippen LogP contribution in [-0.4, -0.2) is 65.8 Å². The van der Waals surface area contributed by atoms with E-state index < -0.39 is 6.09 Å². The number of carbonyl (C=O) groups is 1. The van der Waals surface area contributed by atoms with E-state index >= 15 is 0 Å². The van der Waals surface area contributed by atoms with E-state index in [4.69, 9.17) is 0 Å². The van der Waals surface area contributed by atoms with Crippen LogP contribution in [0.5, 0.6) is 0 Å². The van der Waals surface area contributed by atoms with E-state index in [2.05, 4.69) is 31.0 Å². The monoisotopic (exact) mass is 255 g/mol. The Morgan fingerprint density at radius 3 is 2.33 bits per heavy atom. The number of carboxylic acid groups (broad SMARTS) is 1. The zero-order valence-electron chi connectivity index (χ0n) is 11.6. The van der Waals surface area contributed by atoms with Crippen molar-refractivity contribution in [1.82, 2.24) is 15.1 Å². The van der Waals surface area contributed by atoms with Crippen LogP contribution in [0.1, 0.15) is 27.2 Å². The maximum Gasteiger partial charge on any atom is 0.407 e. The number of nitrogens with one attached hydrogen (secondary N) is 1. The smallest absolute Gasteiger partial charge is 0.407 e. The first kappa shape index (κ1) is 13.6. The Hall–Kier alpha value is -0.810. The second kappa shape index (κ2) is 5.05. The molecule has 5 heteroatoms. The van der Waals surface area contributed by atoms with Crippen molar-refractivity contribution in [3.05, 3.63) is 0 Å². The number of hydrogen-bond acceptors (Lipinski definition) is 3. The minimum absolute atomic E-state index is 0.00949. The Kier molecular flexibility index (Phi) is 3.82. The average Bonchev–Trinajstić information content (AvgIpc) is 2.74. The molecule has 2 rings (SSSR count). The Morgan fingerprint density at radius 2 is 1.83 bits per heavy atom. The predicted octanol–water partition coefficient (Wildman–Crippen LogP) is 1.06. The molecule has 0 radical (unpaired) electrons. The summed E-state index contributed by atoms with van der Waals surface area (Å²) in [5, 5.41) is 12.7. The van der Waals surface area contributed by atoms with Crippen molar-refractivity contribution in [2.75, 3.05) is 32.7 Å². The SMILES string of the molecule is CC(C)(C)C1C(N2CCNCC2)CCN1C(=O)O. The molecule has 0 aliphatic carbocycles. The van der Waals surface area contributed by atoms with Crippen molar-refractivity contribution in [2.45, 2.75) is 39.3 Å². The third kappa shape index (κ3) is 2.62. The number of hydrogen-bond donors (Lipinski definition) is 2. The molecular formula is C13H25N3O2. The molecule has 0 aromatic rings. The van der Waals surface area contributed by atoms with Gasteiger partial charge in [0.1, 0.15) is 0 Å². The molecule has 0 saturated carbocycles. The minimum atomic E-state index is -0.771. The first-order valence-electron chi connectivity index (χ1n) is 6.85. The van der Waals surface area contributed by atoms with E-state index in [1.165, 1.54) is 0 Å². The quantitative estimate of drug-likeness (QED) is 0.735. The van der Waals surface area contributed by atoms with Gasteiger partial charge in [0.2, 0.25) is 0 Å². The van der Waals surface area contributed by atoms with Gasteiger partial charge in [0.05, 0.1) is 6.04 Å². The van der Waals surface area contributed by atoms with E-state index in [0.717, 1.165) is 32.6 Å². The highest BCUT2D eigenvalue weighted by Crippen LogP contribution is 2.35. The fraction of sp³-hybridized carbons (Fsp3) is 0.923. The number of likely N-dealkylation sites (tertiary alicyclic amines) is 1. The Bertz CT molecular complexity index is 308. The third-order valence-electron chi connectivity index (χ3n) is 4.12. The molecule has 2 heterocycles. The van der Waals surface area contributed by atoms with Gasteiger partial charge in [-0.1, -0.05) is 20.8 Å². The van der Waals surface area contributed by atoms with Crippen molar-refractivity contribution in [3.8, 4) is 0 Å². The van der Waals surface area contributed by atoms with Crippen LogP contribution in [0.15, 0.2) is 0 Å². The molecule has 2 fully saturated rings. The molecule has 2 N–H and O–H groups in total. The lowest BCUT2D eigenvalue weighted by atomic mass is 9.82. The molecule has 5 nitrogen and oxygen atoms in total. The summed E-state index contributed by atoms with van der Waals surface area (Å²) in [5.74, 6) is 0. The summed E-state index contributed by atoms with van der Waals surface area (Å²) in [5.41, 5.74) is -0.00949. The standard InChI is InChI=1S/C13H25N3O2/c1-13(2,3)11-10(4-7-16(11)12(17)18)15-8-5-14-6-9-15/h10-11,14H,4-9H2,1-3H3,(H,17,18). The molecule has 0 spiro atoms. The first-order valence-corrected chi connectivity index (χ1v) is 6.85. The predicted molar refractivity (Wildman–Crippen MR) is 70.8 cm³/mol. The second-order valence-corrected chi connectivity index (χ2v) is 6.43. The number of rotatable bonds is 1. The second-order valence-electron chi connectivity index (χ2n) is 6.43. The van der Waals surface area contributed by atoms with Crippen LogP contribution in [0.25, 0.3) is 0 Å². The van der Waals surface area contributed by atoms with Gasteiger partial charge in [-0.15, -0.1) is 0 Å². The van der Waals surface area contributed by atoms with Gasteiger partial charge < -0.3 is 15.3 Å². The van der Waals surface area contributed by atoms with Crippen molar-refractivity contribution < 1.29 is 9.90 Å². The van der Waals surface area contributed by atoms with Gasteiger partial charge in [-0.25, -0.2) is 4.79 Å². The van der Waals surface area contributed by atoms with Gasteiger partial charge in [0.25, 0.3) is 0 Å². The lowest BCUT2D eigenvalue weighted by molar-refractivity contribution is 0.0594. The van der Waals surface area contributed by atoms with E-state index in [1.807, 2.05) is 0 Å². The molecule has 0 aromatic carbocycles. The molecular weight excluding hydrogens is 230 g/mol. The molecule has 2 unspecified atom stereocenters. The summed E-state index contributed by atoms with van der Waals surface area (Å²) in [6, 6.07) is 0.483. The molecule has 1 amide bonds. The van der Waals surface area contributed by atoms with E-state index in [9.17, 15) is 9.90 Å². The Balaban J connectivity index is 2.16. The van der Waals surface area contributed by atoms with Gasteiger partial charge in [-0.2, -0.15) is 0 Å². The summed E-state index contributed by atoms with van der Waals surface area (Å²) in [6.45, 7) is 11.2. The summed E-state index contributed by atoms with van der Waals surface area (Å²) in [6.07, 6.45) is 0.196. The highest BCUT2D eigenvalue weighted by Gasteiger charge is 2.46. The van der Waals surface area contributed by atoms with Crippen LogP contribution >= 0.6 is 0 Å². The van der Waals surface area contributed by atoms with E-state index in [1.54, 1.807) is 4.90 Å². The van der Waals surface area contributed by atoms with Crippen LogP contribution in [-0.2, 0) is 0 Å². The summed E-state index contributed by atoms with van der Waals surface area (Å²) < 4.78 is 0. The van der Waals surface area contributed by atoms with E-state index in [0.29, 0.717) is 12.6 Å². The van der Waals surface area contributed by atoms with Gasteiger partial charge in [0, 0.05) is 38.8 Å². The Morgan fingerprint density at radius 1 is 1.22 bits per heavy atom. The van der Waals surface area contributed by atoms with Crippen molar-refractivity contribution in [3.63, 3.8) is 0 Å². The van der Waals surface area contributed by atoms with Gasteiger partial charge in [-0.05, 0) is 11.8 Å². The summed E-state index contributed by atoms with van der Waals surface area (Å²) >= 11 is 0. The normalized spacial score (nSPS) is 30.7. The number of piperazine rings is 1. The molecule has 2 atom stereocenters. The van der Waals surface area contributed by atoms with E-state index in [-0.39, 0.29) is 11.5 Å². The lowest BCUT2D eigenvalue weighted by Gasteiger charge is -2.42. The van der Waals surface area contributed by atoms with Crippen molar-refractivity contribution in [2.24, 2.45) is 5.41 Å². The maximum absolute atomic E-state index is 11.4. The summed E-state index contributed by atoms with van der Waals surface area (Å²) in [7, 11) is 0. The van der Waals surface area contributed by atoms with Crippen LogP contribution in [0.4, 0.5) is 4.79 Å². The van der Waals surface area contributed by atoms with Gasteiger partial charge in [-0.3, -0.25) is 4.90 Å². The molecule has 2 aliphatic rings. The molecule has 2 saturated heterocycles. The van der Waals surface area contributed by atoms with Crippen molar-refractivity contribution in [1.29, 1.82) is 0 Å². The zero-order chi connectivity index (χ0) is 13.3. The van der Waals surface area contributed by atoms with Crippen LogP contribution in [0.3, 0.4) is 0 Å². The van der Waals surface area contributed by atoms with Gasteiger partial charge in [0.15, 0.2) is 0 Å². The van der Waals surface area contributed by atoms with Crippen molar-refractivity contribution >= 4 is 6.09 Å². The highest BCUT2D eigenvalue weighted by atomic mass is 16.4. The molecule has 18 heavy (non-hydrogen) atoms. The first-order chi connectivity index (χ1) is 8.41. The average molecular weight is 255 g/mol. The molecule has 0 aromatic heterocycles. The molecule has 0 bridgehead atoms. The zero-order valence-corrected chi connectivity index (χ0v) is 11.6. The molecule has 2 aliphatic heterocycles. The van der Waals surface area contributed by atoms with Crippen LogP contribution in [0, 0.1) is 5.41 Å². The van der Waals surface area contributed by atoms with Crippen LogP contribution in [0.2, 0.25) is 0 Å². The number of amides is 1.